The molecule has 14 heavy (non-hydrogen) atoms. The molecule has 0 aromatic rings. The van der Waals surface area contributed by atoms with Gasteiger partial charge < -0.3 is 4.90 Å². The number of hydrogen-bond acceptors (Lipinski definition) is 5. The predicted octanol–water partition coefficient (Wildman–Crippen LogP) is 1.32. The van der Waals surface area contributed by atoms with E-state index in [2.05, 4.69) is 4.90 Å². The lowest BCUT2D eigenvalue weighted by Crippen LogP contribution is -2.23. The van der Waals surface area contributed by atoms with Crippen LogP contribution in [-0.2, 0) is 4.79 Å². The highest BCUT2D eigenvalue weighted by Crippen LogP contribution is 2.39. The molecule has 0 aromatic heterocycles. The Morgan fingerprint density at radius 2 is 2.14 bits per heavy atom. The van der Waals surface area contributed by atoms with E-state index in [0.29, 0.717) is 4.32 Å². The van der Waals surface area contributed by atoms with E-state index in [1.807, 2.05) is 7.05 Å². The van der Waals surface area contributed by atoms with Crippen LogP contribution in [0.25, 0.3) is 0 Å². The van der Waals surface area contributed by atoms with Gasteiger partial charge in [0.2, 0.25) is 0 Å². The van der Waals surface area contributed by atoms with E-state index in [1.54, 1.807) is 18.8 Å². The molecule has 0 unspecified atom stereocenters. The van der Waals surface area contributed by atoms with Crippen LogP contribution in [0.15, 0.2) is 9.93 Å². The summed E-state index contributed by atoms with van der Waals surface area (Å²) >= 11 is 8.22. The Bertz CT molecular complexity index is 339. The summed E-state index contributed by atoms with van der Waals surface area (Å²) in [5.41, 5.74) is 0. The van der Waals surface area contributed by atoms with Gasteiger partial charge in [-0.25, -0.2) is 0 Å². The third kappa shape index (κ3) is 1.55. The number of thioether (sulfide) groups is 2. The van der Waals surface area contributed by atoms with E-state index < -0.39 is 0 Å². The molecule has 0 atom stereocenters. The highest BCUT2D eigenvalue weighted by atomic mass is 32.2. The lowest BCUT2D eigenvalue weighted by Gasteiger charge is -2.12. The summed E-state index contributed by atoms with van der Waals surface area (Å²) in [4.78, 5) is 16.2. The molecule has 2 aliphatic heterocycles. The Balaban J connectivity index is 2.35. The van der Waals surface area contributed by atoms with E-state index in [4.69, 9.17) is 12.2 Å². The van der Waals surface area contributed by atoms with Gasteiger partial charge in [0.15, 0.2) is 0 Å². The summed E-state index contributed by atoms with van der Waals surface area (Å²) in [5.74, 6) is 1.09. The lowest BCUT2D eigenvalue weighted by molar-refractivity contribution is -0.121. The van der Waals surface area contributed by atoms with Crippen molar-refractivity contribution in [2.24, 2.45) is 0 Å². The number of likely N-dealkylation sites (N-methyl/N-ethyl adjacent to an activating group) is 1. The zero-order chi connectivity index (χ0) is 10.3. The van der Waals surface area contributed by atoms with Gasteiger partial charge in [-0.15, -0.1) is 11.8 Å². The minimum atomic E-state index is 0.0382. The molecule has 1 amide bonds. The molecule has 2 fully saturated rings. The van der Waals surface area contributed by atoms with Gasteiger partial charge >= 0.3 is 0 Å². The van der Waals surface area contributed by atoms with Crippen molar-refractivity contribution in [1.82, 2.24) is 9.80 Å². The van der Waals surface area contributed by atoms with Crippen LogP contribution in [0.4, 0.5) is 0 Å². The Morgan fingerprint density at radius 1 is 1.43 bits per heavy atom. The molecule has 6 heteroatoms. The monoisotopic (exact) mass is 246 g/mol. The van der Waals surface area contributed by atoms with Gasteiger partial charge in [0.1, 0.15) is 9.23 Å². The maximum absolute atomic E-state index is 11.8. The molecule has 0 radical (unpaired) electrons. The van der Waals surface area contributed by atoms with Crippen LogP contribution in [0.3, 0.4) is 0 Å². The molecule has 0 spiro atoms. The first-order valence-corrected chi connectivity index (χ1v) is 6.40. The van der Waals surface area contributed by atoms with Crippen LogP contribution >= 0.6 is 35.7 Å². The zero-order valence-corrected chi connectivity index (χ0v) is 10.4. The second kappa shape index (κ2) is 3.75. The van der Waals surface area contributed by atoms with Crippen LogP contribution in [0.5, 0.6) is 0 Å². The van der Waals surface area contributed by atoms with E-state index in [-0.39, 0.29) is 5.91 Å². The van der Waals surface area contributed by atoms with Crippen molar-refractivity contribution in [3.63, 3.8) is 0 Å². The van der Waals surface area contributed by atoms with Crippen LogP contribution in [0, 0.1) is 0 Å². The first-order valence-electron chi connectivity index (χ1n) is 4.19. The fourth-order valence-electron chi connectivity index (χ4n) is 1.30. The number of carbonyl (C=O) groups is 1. The van der Waals surface area contributed by atoms with Crippen LogP contribution in [0.1, 0.15) is 0 Å². The average molecular weight is 246 g/mol. The number of carbonyl (C=O) groups excluding carboxylic acids is 1. The third-order valence-corrected chi connectivity index (χ3v) is 5.02. The van der Waals surface area contributed by atoms with Crippen molar-refractivity contribution in [3.05, 3.63) is 9.93 Å². The Labute approximate surface area is 96.9 Å². The average Bonchev–Trinajstić information content (AvgIpc) is 2.66. The molecule has 0 saturated carbocycles. The van der Waals surface area contributed by atoms with Crippen molar-refractivity contribution < 1.29 is 4.79 Å². The molecule has 2 aliphatic rings. The van der Waals surface area contributed by atoms with E-state index >= 15 is 0 Å². The Kier molecular flexibility index (Phi) is 2.77. The van der Waals surface area contributed by atoms with Gasteiger partial charge in [-0.3, -0.25) is 9.69 Å². The minimum absolute atomic E-state index is 0.0382. The van der Waals surface area contributed by atoms with Crippen molar-refractivity contribution >= 4 is 46.0 Å². The summed E-state index contributed by atoms with van der Waals surface area (Å²) in [6.45, 7) is 1.01. The SMILES string of the molecule is CN1C(=O)/C(=C2\SCCN2C)SC1=S. The van der Waals surface area contributed by atoms with Crippen molar-refractivity contribution in [2.45, 2.75) is 0 Å². The quantitative estimate of drug-likeness (QED) is 0.474. The standard InChI is InChI=1S/C8H10N2OS3/c1-9-3-4-13-7(9)5-6(11)10(2)8(12)14-5/h3-4H2,1-2H3/b7-5+. The highest BCUT2D eigenvalue weighted by Gasteiger charge is 2.34. The fourth-order valence-corrected chi connectivity index (χ4v) is 3.88. The molecule has 3 nitrogen and oxygen atoms in total. The van der Waals surface area contributed by atoms with Gasteiger partial charge in [-0.2, -0.15) is 0 Å². The van der Waals surface area contributed by atoms with Gasteiger partial charge in [0, 0.05) is 26.4 Å². The number of thiocarbonyl (C=S) groups is 1. The molecular weight excluding hydrogens is 236 g/mol. The second-order valence-electron chi connectivity index (χ2n) is 3.14. The van der Waals surface area contributed by atoms with Gasteiger partial charge in [0.25, 0.3) is 5.91 Å². The molecule has 2 saturated heterocycles. The maximum Gasteiger partial charge on any atom is 0.268 e. The number of rotatable bonds is 0. The van der Waals surface area contributed by atoms with E-state index in [1.165, 1.54) is 16.7 Å². The molecule has 0 N–H and O–H groups in total. The summed E-state index contributed by atoms with van der Waals surface area (Å²) in [6, 6.07) is 0. The second-order valence-corrected chi connectivity index (χ2v) is 5.86. The molecule has 0 aromatic carbocycles. The number of amides is 1. The number of nitrogens with zero attached hydrogens (tertiary/aromatic N) is 2. The highest BCUT2D eigenvalue weighted by molar-refractivity contribution is 8.27. The number of hydrogen-bond donors (Lipinski definition) is 0. The summed E-state index contributed by atoms with van der Waals surface area (Å²) in [6.07, 6.45) is 0. The molecule has 0 aliphatic carbocycles. The van der Waals surface area contributed by atoms with E-state index in [9.17, 15) is 4.79 Å². The van der Waals surface area contributed by atoms with Gasteiger partial charge in [0.05, 0.1) is 5.03 Å². The van der Waals surface area contributed by atoms with Crippen LogP contribution < -0.4 is 0 Å². The molecule has 2 rings (SSSR count). The smallest absolute Gasteiger partial charge is 0.268 e. The lowest BCUT2D eigenvalue weighted by atomic mass is 10.5. The van der Waals surface area contributed by atoms with Crippen molar-refractivity contribution in [1.29, 1.82) is 0 Å². The zero-order valence-electron chi connectivity index (χ0n) is 7.94. The minimum Gasteiger partial charge on any atom is -0.368 e. The van der Waals surface area contributed by atoms with E-state index in [0.717, 1.165) is 22.2 Å². The predicted molar refractivity (Wildman–Crippen MR) is 65.1 cm³/mol. The summed E-state index contributed by atoms with van der Waals surface area (Å²) in [5, 5.41) is 1.08. The molecular formula is C8H10N2OS3. The van der Waals surface area contributed by atoms with Crippen LogP contribution in [0.2, 0.25) is 0 Å². The molecule has 76 valence electrons. The Hall–Kier alpha value is -0.200. The molecule has 2 heterocycles. The normalized spacial score (nSPS) is 28.1. The third-order valence-electron chi connectivity index (χ3n) is 2.17. The van der Waals surface area contributed by atoms with Gasteiger partial charge in [-0.05, 0) is 0 Å². The fraction of sp³-hybridized carbons (Fsp3) is 0.500. The van der Waals surface area contributed by atoms with Crippen LogP contribution in [-0.4, -0.2) is 46.4 Å². The maximum atomic E-state index is 11.8. The van der Waals surface area contributed by atoms with Crippen molar-refractivity contribution in [2.75, 3.05) is 26.4 Å². The summed E-state index contributed by atoms with van der Waals surface area (Å²) in [7, 11) is 3.74. The summed E-state index contributed by atoms with van der Waals surface area (Å²) < 4.78 is 0.651. The topological polar surface area (TPSA) is 23.6 Å². The first kappa shape index (κ1) is 10.3. The van der Waals surface area contributed by atoms with Gasteiger partial charge in [-0.1, -0.05) is 24.0 Å². The molecule has 0 bridgehead atoms. The first-order chi connectivity index (χ1) is 6.61. The largest absolute Gasteiger partial charge is 0.368 e. The van der Waals surface area contributed by atoms with Crippen molar-refractivity contribution in [3.8, 4) is 0 Å². The Morgan fingerprint density at radius 3 is 2.57 bits per heavy atom.